The number of nitrogens with one attached hydrogen (secondary N) is 1. The van der Waals surface area contributed by atoms with Crippen molar-refractivity contribution < 1.29 is 9.84 Å². The zero-order chi connectivity index (χ0) is 16.2. The summed E-state index contributed by atoms with van der Waals surface area (Å²) in [6, 6.07) is 8.19. The lowest BCUT2D eigenvalue weighted by Gasteiger charge is -2.32. The zero-order valence-corrected chi connectivity index (χ0v) is 14.0. The van der Waals surface area contributed by atoms with Crippen LogP contribution >= 0.6 is 0 Å². The van der Waals surface area contributed by atoms with Crippen LogP contribution in [0.5, 0.6) is 0 Å². The molecule has 0 bridgehead atoms. The van der Waals surface area contributed by atoms with Crippen molar-refractivity contribution in [2.45, 2.75) is 44.8 Å². The van der Waals surface area contributed by atoms with Crippen molar-refractivity contribution in [3.05, 3.63) is 30.1 Å². The van der Waals surface area contributed by atoms with Gasteiger partial charge in [-0.25, -0.2) is 4.98 Å². The van der Waals surface area contributed by atoms with Gasteiger partial charge in [-0.05, 0) is 51.9 Å². The predicted octanol–water partition coefficient (Wildman–Crippen LogP) is 2.53. The summed E-state index contributed by atoms with van der Waals surface area (Å²) in [5.41, 5.74) is 2.16. The number of imidazole rings is 1. The average Bonchev–Trinajstić information content (AvgIpc) is 2.97. The molecule has 1 aliphatic rings. The summed E-state index contributed by atoms with van der Waals surface area (Å²) in [7, 11) is 0. The molecule has 1 aliphatic heterocycles. The van der Waals surface area contributed by atoms with Gasteiger partial charge < -0.3 is 19.7 Å². The Labute approximate surface area is 137 Å². The Morgan fingerprint density at radius 3 is 2.74 bits per heavy atom. The third kappa shape index (κ3) is 4.31. The van der Waals surface area contributed by atoms with Gasteiger partial charge in [0.2, 0.25) is 0 Å². The molecule has 3 rings (SSSR count). The molecule has 2 aromatic rings. The molecule has 1 aromatic carbocycles. The molecule has 5 nitrogen and oxygen atoms in total. The molecule has 126 valence electrons. The number of aromatic amines is 1. The van der Waals surface area contributed by atoms with E-state index in [1.807, 2.05) is 26.0 Å². The third-order valence-electron chi connectivity index (χ3n) is 4.47. The fraction of sp³-hybridized carbons (Fsp3) is 0.611. The minimum atomic E-state index is -0.403. The number of hydrogen-bond acceptors (Lipinski definition) is 4. The van der Waals surface area contributed by atoms with Crippen LogP contribution in [0.3, 0.4) is 0 Å². The highest BCUT2D eigenvalue weighted by atomic mass is 16.5. The fourth-order valence-electron chi connectivity index (χ4n) is 3.21. The van der Waals surface area contributed by atoms with E-state index in [1.165, 1.54) is 0 Å². The summed E-state index contributed by atoms with van der Waals surface area (Å²) < 4.78 is 5.48. The van der Waals surface area contributed by atoms with Crippen LogP contribution in [0.4, 0.5) is 0 Å². The standard InChI is InChI=1S/C18H27N3O2/c1-13(2)23-12-15(22)11-21-9-7-14(8-10-21)18-19-16-5-3-4-6-17(16)20-18/h3-6,13-15,22H,7-12H2,1-2H3,(H,19,20)/t15-/m0/s1. The number of H-pyrrole nitrogens is 1. The van der Waals surface area contributed by atoms with E-state index in [0.717, 1.165) is 42.8 Å². The molecule has 1 aromatic heterocycles. The maximum Gasteiger partial charge on any atom is 0.110 e. The number of aliphatic hydroxyl groups excluding tert-OH is 1. The van der Waals surface area contributed by atoms with Crippen molar-refractivity contribution in [1.29, 1.82) is 0 Å². The number of hydrogen-bond donors (Lipinski definition) is 2. The van der Waals surface area contributed by atoms with Crippen LogP contribution < -0.4 is 0 Å². The quantitative estimate of drug-likeness (QED) is 0.859. The molecule has 0 spiro atoms. The summed E-state index contributed by atoms with van der Waals surface area (Å²) in [6.45, 7) is 7.10. The molecule has 0 aliphatic carbocycles. The summed E-state index contributed by atoms with van der Waals surface area (Å²) in [5.74, 6) is 1.59. The number of aliphatic hydroxyl groups is 1. The van der Waals surface area contributed by atoms with Gasteiger partial charge in [-0.2, -0.15) is 0 Å². The maximum absolute atomic E-state index is 10.0. The number of likely N-dealkylation sites (tertiary alicyclic amines) is 1. The SMILES string of the molecule is CC(C)OC[C@@H](O)CN1CCC(c2nc3ccccc3[nH]2)CC1. The fourth-order valence-corrected chi connectivity index (χ4v) is 3.21. The first kappa shape index (κ1) is 16.4. The van der Waals surface area contributed by atoms with Crippen LogP contribution in [-0.4, -0.2) is 58.4 Å². The lowest BCUT2D eigenvalue weighted by atomic mass is 9.96. The van der Waals surface area contributed by atoms with Crippen molar-refractivity contribution in [2.24, 2.45) is 0 Å². The molecule has 0 saturated carbocycles. The second kappa shape index (κ2) is 7.43. The minimum absolute atomic E-state index is 0.170. The van der Waals surface area contributed by atoms with Crippen molar-refractivity contribution in [3.63, 3.8) is 0 Å². The van der Waals surface area contributed by atoms with Crippen molar-refractivity contribution in [2.75, 3.05) is 26.2 Å². The zero-order valence-electron chi connectivity index (χ0n) is 14.0. The number of β-amino-alcohol motifs (C(OH)–C–C–N with tert-alkyl or cyclic N) is 1. The Kier molecular flexibility index (Phi) is 5.30. The van der Waals surface area contributed by atoms with E-state index < -0.39 is 6.10 Å². The molecule has 0 amide bonds. The van der Waals surface area contributed by atoms with Gasteiger partial charge in [-0.3, -0.25) is 0 Å². The van der Waals surface area contributed by atoms with Crippen LogP contribution in [-0.2, 0) is 4.74 Å². The number of fused-ring (bicyclic) bond motifs is 1. The van der Waals surface area contributed by atoms with Gasteiger partial charge >= 0.3 is 0 Å². The molecule has 5 heteroatoms. The molecule has 1 saturated heterocycles. The summed E-state index contributed by atoms with van der Waals surface area (Å²) >= 11 is 0. The highest BCUT2D eigenvalue weighted by molar-refractivity contribution is 5.74. The Morgan fingerprint density at radius 2 is 2.04 bits per heavy atom. The van der Waals surface area contributed by atoms with Crippen LogP contribution in [0, 0.1) is 0 Å². The van der Waals surface area contributed by atoms with E-state index in [4.69, 9.17) is 9.72 Å². The van der Waals surface area contributed by atoms with Crippen molar-refractivity contribution in [1.82, 2.24) is 14.9 Å². The normalized spacial score (nSPS) is 18.8. The Balaban J connectivity index is 1.50. The lowest BCUT2D eigenvalue weighted by Crippen LogP contribution is -2.40. The second-order valence-corrected chi connectivity index (χ2v) is 6.75. The van der Waals surface area contributed by atoms with Crippen LogP contribution in [0.1, 0.15) is 38.4 Å². The van der Waals surface area contributed by atoms with E-state index in [9.17, 15) is 5.11 Å². The first-order chi connectivity index (χ1) is 11.1. The highest BCUT2D eigenvalue weighted by Crippen LogP contribution is 2.27. The number of para-hydroxylation sites is 2. The van der Waals surface area contributed by atoms with Crippen LogP contribution in [0.2, 0.25) is 0 Å². The van der Waals surface area contributed by atoms with E-state index in [0.29, 0.717) is 19.1 Å². The molecular weight excluding hydrogens is 290 g/mol. The van der Waals surface area contributed by atoms with Gasteiger partial charge in [0.25, 0.3) is 0 Å². The van der Waals surface area contributed by atoms with E-state index in [1.54, 1.807) is 0 Å². The molecule has 1 atom stereocenters. The van der Waals surface area contributed by atoms with Crippen LogP contribution in [0.15, 0.2) is 24.3 Å². The number of piperidine rings is 1. The second-order valence-electron chi connectivity index (χ2n) is 6.75. The summed E-state index contributed by atoms with van der Waals surface area (Å²) in [6.07, 6.45) is 1.93. The molecule has 1 fully saturated rings. The van der Waals surface area contributed by atoms with Gasteiger partial charge in [-0.1, -0.05) is 12.1 Å². The first-order valence-electron chi connectivity index (χ1n) is 8.58. The lowest BCUT2D eigenvalue weighted by molar-refractivity contribution is -0.0112. The maximum atomic E-state index is 10.0. The highest BCUT2D eigenvalue weighted by Gasteiger charge is 2.24. The van der Waals surface area contributed by atoms with E-state index in [-0.39, 0.29) is 6.10 Å². The molecular formula is C18H27N3O2. The number of aromatic nitrogens is 2. The smallest absolute Gasteiger partial charge is 0.110 e. The largest absolute Gasteiger partial charge is 0.389 e. The molecule has 0 radical (unpaired) electrons. The Morgan fingerprint density at radius 1 is 1.30 bits per heavy atom. The van der Waals surface area contributed by atoms with Gasteiger partial charge in [0.1, 0.15) is 5.82 Å². The molecule has 2 N–H and O–H groups in total. The van der Waals surface area contributed by atoms with Crippen LogP contribution in [0.25, 0.3) is 11.0 Å². The summed E-state index contributed by atoms with van der Waals surface area (Å²) in [5, 5.41) is 10.0. The van der Waals surface area contributed by atoms with Gasteiger partial charge in [0, 0.05) is 12.5 Å². The molecule has 2 heterocycles. The third-order valence-corrected chi connectivity index (χ3v) is 4.47. The number of benzene rings is 1. The number of rotatable bonds is 6. The Hall–Kier alpha value is -1.43. The first-order valence-corrected chi connectivity index (χ1v) is 8.58. The number of ether oxygens (including phenoxy) is 1. The monoisotopic (exact) mass is 317 g/mol. The van der Waals surface area contributed by atoms with Crippen molar-refractivity contribution in [3.8, 4) is 0 Å². The topological polar surface area (TPSA) is 61.4 Å². The van der Waals surface area contributed by atoms with Gasteiger partial charge in [-0.15, -0.1) is 0 Å². The van der Waals surface area contributed by atoms with Gasteiger partial charge in [0.15, 0.2) is 0 Å². The molecule has 0 unspecified atom stereocenters. The predicted molar refractivity (Wildman–Crippen MR) is 91.6 cm³/mol. The minimum Gasteiger partial charge on any atom is -0.389 e. The van der Waals surface area contributed by atoms with E-state index >= 15 is 0 Å². The Bertz CT molecular complexity index is 585. The molecule has 23 heavy (non-hydrogen) atoms. The average molecular weight is 317 g/mol. The van der Waals surface area contributed by atoms with Crippen molar-refractivity contribution >= 4 is 11.0 Å². The number of nitrogens with zero attached hydrogens (tertiary/aromatic N) is 2. The van der Waals surface area contributed by atoms with E-state index in [2.05, 4.69) is 22.0 Å². The van der Waals surface area contributed by atoms with Gasteiger partial charge in [0.05, 0.1) is 29.8 Å². The summed E-state index contributed by atoms with van der Waals surface area (Å²) in [4.78, 5) is 10.5.